The standard InChI is InChI=1S/C13H21N3O/c1-3-6-16-11(2)12(8-14-16)9-15-7-4-5-13(17)10-15/h3,8,13,17H,1,4-7,9-10H2,2H3/t13-/m0/s1. The summed E-state index contributed by atoms with van der Waals surface area (Å²) in [6, 6.07) is 0. The van der Waals surface area contributed by atoms with E-state index in [1.165, 1.54) is 11.3 Å². The van der Waals surface area contributed by atoms with E-state index in [2.05, 4.69) is 23.5 Å². The number of nitrogens with zero attached hydrogens (tertiary/aromatic N) is 3. The third-order valence-corrected chi connectivity index (χ3v) is 3.38. The van der Waals surface area contributed by atoms with Gasteiger partial charge in [0.2, 0.25) is 0 Å². The fourth-order valence-corrected chi connectivity index (χ4v) is 2.36. The van der Waals surface area contributed by atoms with Gasteiger partial charge in [-0.3, -0.25) is 9.58 Å². The van der Waals surface area contributed by atoms with Gasteiger partial charge in [0.1, 0.15) is 0 Å². The van der Waals surface area contributed by atoms with Gasteiger partial charge in [0, 0.05) is 24.3 Å². The highest BCUT2D eigenvalue weighted by Crippen LogP contribution is 2.15. The molecular formula is C13H21N3O. The van der Waals surface area contributed by atoms with Crippen LogP contribution in [0.25, 0.3) is 0 Å². The molecule has 0 saturated carbocycles. The number of rotatable bonds is 4. The van der Waals surface area contributed by atoms with Crippen LogP contribution in [0.4, 0.5) is 0 Å². The number of hydrogen-bond donors (Lipinski definition) is 1. The smallest absolute Gasteiger partial charge is 0.0667 e. The van der Waals surface area contributed by atoms with Gasteiger partial charge >= 0.3 is 0 Å². The number of aliphatic hydroxyl groups is 1. The first-order valence-electron chi connectivity index (χ1n) is 6.23. The molecule has 4 nitrogen and oxygen atoms in total. The maximum Gasteiger partial charge on any atom is 0.0667 e. The Morgan fingerprint density at radius 2 is 2.47 bits per heavy atom. The van der Waals surface area contributed by atoms with E-state index < -0.39 is 0 Å². The zero-order valence-electron chi connectivity index (χ0n) is 10.5. The van der Waals surface area contributed by atoms with Crippen molar-refractivity contribution >= 4 is 0 Å². The van der Waals surface area contributed by atoms with Gasteiger partial charge in [0.05, 0.1) is 18.8 Å². The van der Waals surface area contributed by atoms with E-state index in [9.17, 15) is 5.11 Å². The summed E-state index contributed by atoms with van der Waals surface area (Å²) < 4.78 is 1.96. The molecule has 1 aromatic rings. The average molecular weight is 235 g/mol. The van der Waals surface area contributed by atoms with Gasteiger partial charge in [0.15, 0.2) is 0 Å². The van der Waals surface area contributed by atoms with Crippen LogP contribution < -0.4 is 0 Å². The summed E-state index contributed by atoms with van der Waals surface area (Å²) in [5.41, 5.74) is 2.45. The van der Waals surface area contributed by atoms with Gasteiger partial charge in [-0.05, 0) is 26.3 Å². The van der Waals surface area contributed by atoms with Crippen molar-refractivity contribution in [2.45, 2.75) is 39.0 Å². The Labute approximate surface area is 103 Å². The lowest BCUT2D eigenvalue weighted by Gasteiger charge is -2.29. The normalized spacial score (nSPS) is 21.6. The SMILES string of the molecule is C=CCn1ncc(CN2CCC[C@H](O)C2)c1C. The quantitative estimate of drug-likeness (QED) is 0.801. The zero-order valence-corrected chi connectivity index (χ0v) is 10.5. The molecule has 94 valence electrons. The first kappa shape index (κ1) is 12.3. The van der Waals surface area contributed by atoms with E-state index >= 15 is 0 Å². The summed E-state index contributed by atoms with van der Waals surface area (Å²) in [6.07, 6.45) is 5.65. The Morgan fingerprint density at radius 1 is 1.65 bits per heavy atom. The lowest BCUT2D eigenvalue weighted by Crippen LogP contribution is -2.37. The highest BCUT2D eigenvalue weighted by atomic mass is 16.3. The number of hydrogen-bond acceptors (Lipinski definition) is 3. The van der Waals surface area contributed by atoms with Gasteiger partial charge in [-0.25, -0.2) is 0 Å². The van der Waals surface area contributed by atoms with Crippen molar-refractivity contribution in [3.63, 3.8) is 0 Å². The minimum Gasteiger partial charge on any atom is -0.392 e. The van der Waals surface area contributed by atoms with Crippen molar-refractivity contribution in [3.8, 4) is 0 Å². The van der Waals surface area contributed by atoms with Crippen LogP contribution >= 0.6 is 0 Å². The van der Waals surface area contributed by atoms with E-state index in [4.69, 9.17) is 0 Å². The highest BCUT2D eigenvalue weighted by molar-refractivity contribution is 5.16. The van der Waals surface area contributed by atoms with E-state index in [1.54, 1.807) is 0 Å². The van der Waals surface area contributed by atoms with Crippen LogP contribution in [-0.4, -0.2) is 39.0 Å². The maximum atomic E-state index is 9.64. The van der Waals surface area contributed by atoms with Crippen molar-refractivity contribution in [1.29, 1.82) is 0 Å². The molecule has 1 saturated heterocycles. The fourth-order valence-electron chi connectivity index (χ4n) is 2.36. The third kappa shape index (κ3) is 2.96. The van der Waals surface area contributed by atoms with E-state index in [0.717, 1.165) is 39.0 Å². The Bertz CT molecular complexity index is 386. The Hall–Kier alpha value is -1.13. The topological polar surface area (TPSA) is 41.3 Å². The lowest BCUT2D eigenvalue weighted by molar-refractivity contribution is 0.0667. The number of aromatic nitrogens is 2. The Morgan fingerprint density at radius 3 is 3.18 bits per heavy atom. The fraction of sp³-hybridized carbons (Fsp3) is 0.615. The first-order valence-corrected chi connectivity index (χ1v) is 6.23. The van der Waals surface area contributed by atoms with Gasteiger partial charge < -0.3 is 5.11 Å². The summed E-state index contributed by atoms with van der Waals surface area (Å²) in [5.74, 6) is 0. The minimum absolute atomic E-state index is 0.160. The van der Waals surface area contributed by atoms with Gasteiger partial charge in [-0.1, -0.05) is 6.08 Å². The molecular weight excluding hydrogens is 214 g/mol. The molecule has 1 N–H and O–H groups in total. The number of piperidine rings is 1. The predicted molar refractivity (Wildman–Crippen MR) is 67.7 cm³/mol. The van der Waals surface area contributed by atoms with Crippen molar-refractivity contribution in [2.75, 3.05) is 13.1 Å². The summed E-state index contributed by atoms with van der Waals surface area (Å²) in [5, 5.41) is 14.0. The van der Waals surface area contributed by atoms with Crippen LogP contribution in [0.1, 0.15) is 24.1 Å². The van der Waals surface area contributed by atoms with Crippen molar-refractivity contribution in [3.05, 3.63) is 30.1 Å². The van der Waals surface area contributed by atoms with Crippen molar-refractivity contribution in [1.82, 2.24) is 14.7 Å². The van der Waals surface area contributed by atoms with Crippen LogP contribution in [0.5, 0.6) is 0 Å². The molecule has 1 fully saturated rings. The van der Waals surface area contributed by atoms with Crippen LogP contribution in [0, 0.1) is 6.92 Å². The molecule has 4 heteroatoms. The zero-order chi connectivity index (χ0) is 12.3. The van der Waals surface area contributed by atoms with Gasteiger partial charge in [0.25, 0.3) is 0 Å². The first-order chi connectivity index (χ1) is 8.20. The third-order valence-electron chi connectivity index (χ3n) is 3.38. The van der Waals surface area contributed by atoms with Crippen LogP contribution in [0.3, 0.4) is 0 Å². The van der Waals surface area contributed by atoms with E-state index in [-0.39, 0.29) is 6.10 Å². The molecule has 17 heavy (non-hydrogen) atoms. The number of allylic oxidation sites excluding steroid dienone is 1. The number of likely N-dealkylation sites (tertiary alicyclic amines) is 1. The molecule has 1 aliphatic rings. The summed E-state index contributed by atoms with van der Waals surface area (Å²) in [4.78, 5) is 2.30. The molecule has 2 heterocycles. The second-order valence-corrected chi connectivity index (χ2v) is 4.76. The van der Waals surface area contributed by atoms with E-state index in [0.29, 0.717) is 0 Å². The molecule has 2 rings (SSSR count). The van der Waals surface area contributed by atoms with Crippen LogP contribution in [-0.2, 0) is 13.1 Å². The molecule has 0 unspecified atom stereocenters. The van der Waals surface area contributed by atoms with Crippen molar-refractivity contribution < 1.29 is 5.11 Å². The average Bonchev–Trinajstić information content (AvgIpc) is 2.62. The number of aliphatic hydroxyl groups excluding tert-OH is 1. The molecule has 0 bridgehead atoms. The van der Waals surface area contributed by atoms with Gasteiger partial charge in [-0.2, -0.15) is 5.10 Å². The molecule has 0 aliphatic carbocycles. The molecule has 0 spiro atoms. The second-order valence-electron chi connectivity index (χ2n) is 4.76. The molecule has 1 atom stereocenters. The molecule has 1 aromatic heterocycles. The lowest BCUT2D eigenvalue weighted by atomic mass is 10.1. The minimum atomic E-state index is -0.160. The molecule has 0 amide bonds. The van der Waals surface area contributed by atoms with Gasteiger partial charge in [-0.15, -0.1) is 6.58 Å². The molecule has 1 aliphatic heterocycles. The highest BCUT2D eigenvalue weighted by Gasteiger charge is 2.19. The number of β-amino-alcohol motifs (C(OH)–C–C–N with tert-alkyl or cyclic N) is 1. The van der Waals surface area contributed by atoms with Crippen LogP contribution in [0.2, 0.25) is 0 Å². The molecule has 0 aromatic carbocycles. The van der Waals surface area contributed by atoms with Crippen molar-refractivity contribution in [2.24, 2.45) is 0 Å². The Balaban J connectivity index is 2.00. The summed E-state index contributed by atoms with van der Waals surface area (Å²) in [7, 11) is 0. The largest absolute Gasteiger partial charge is 0.392 e. The second kappa shape index (κ2) is 5.47. The maximum absolute atomic E-state index is 9.64. The summed E-state index contributed by atoms with van der Waals surface area (Å²) >= 11 is 0. The summed E-state index contributed by atoms with van der Waals surface area (Å²) in [6.45, 7) is 9.32. The Kier molecular flexibility index (Phi) is 3.97. The molecule has 0 radical (unpaired) electrons. The van der Waals surface area contributed by atoms with Crippen LogP contribution in [0.15, 0.2) is 18.9 Å². The predicted octanol–water partition coefficient (Wildman–Crippen LogP) is 1.33. The van der Waals surface area contributed by atoms with E-state index in [1.807, 2.05) is 17.0 Å². The monoisotopic (exact) mass is 235 g/mol.